The van der Waals surface area contributed by atoms with Gasteiger partial charge in [-0.1, -0.05) is 13.8 Å². The Kier molecular flexibility index (Phi) is 3.80. The Morgan fingerprint density at radius 1 is 1.32 bits per heavy atom. The van der Waals surface area contributed by atoms with Gasteiger partial charge in [-0.3, -0.25) is 4.98 Å². The molecule has 2 rings (SSSR count). The van der Waals surface area contributed by atoms with Crippen molar-refractivity contribution in [3.63, 3.8) is 0 Å². The van der Waals surface area contributed by atoms with Gasteiger partial charge in [-0.15, -0.1) is 0 Å². The summed E-state index contributed by atoms with van der Waals surface area (Å²) in [6.45, 7) is 3.95. The van der Waals surface area contributed by atoms with Crippen molar-refractivity contribution in [1.82, 2.24) is 4.98 Å². The van der Waals surface area contributed by atoms with Crippen LogP contribution in [0.3, 0.4) is 0 Å². The molecule has 100 valence electrons. The molecule has 19 heavy (non-hydrogen) atoms. The maximum Gasteiger partial charge on any atom is 0.145 e. The van der Waals surface area contributed by atoms with E-state index in [1.165, 1.54) is 0 Å². The topological polar surface area (TPSA) is 72.0 Å². The van der Waals surface area contributed by atoms with Crippen LogP contribution in [-0.2, 0) is 0 Å². The Morgan fingerprint density at radius 2 is 2.11 bits per heavy atom. The summed E-state index contributed by atoms with van der Waals surface area (Å²) in [5.74, 6) is 1.45. The van der Waals surface area contributed by atoms with Crippen molar-refractivity contribution in [3.05, 3.63) is 48.3 Å². The molecule has 3 N–H and O–H groups in total. The van der Waals surface area contributed by atoms with Crippen LogP contribution in [0.25, 0.3) is 0 Å². The molecule has 2 aromatic rings. The molecule has 1 aromatic carbocycles. The minimum atomic E-state index is 0. The second kappa shape index (κ2) is 5.52. The molecule has 0 aliphatic carbocycles. The van der Waals surface area contributed by atoms with Crippen molar-refractivity contribution in [2.75, 3.05) is 5.73 Å². The third-order valence-electron chi connectivity index (χ3n) is 2.76. The summed E-state index contributed by atoms with van der Waals surface area (Å²) in [7, 11) is 0. The smallest absolute Gasteiger partial charge is 0.145 e. The number of hydrogen-bond donors (Lipinski definition) is 2. The van der Waals surface area contributed by atoms with E-state index in [1.54, 1.807) is 18.5 Å². The van der Waals surface area contributed by atoms with Crippen molar-refractivity contribution in [3.8, 4) is 11.5 Å². The number of nitrogens with one attached hydrogen (secondary N) is 1. The minimum absolute atomic E-state index is 0. The lowest BCUT2D eigenvalue weighted by Crippen LogP contribution is -2.10. The molecule has 0 radical (unpaired) electrons. The lowest BCUT2D eigenvalue weighted by molar-refractivity contribution is 0.480. The van der Waals surface area contributed by atoms with E-state index in [4.69, 9.17) is 15.9 Å². The number of pyridine rings is 1. The van der Waals surface area contributed by atoms with Gasteiger partial charge in [0.05, 0.1) is 6.20 Å². The zero-order valence-corrected chi connectivity index (χ0v) is 11.1. The summed E-state index contributed by atoms with van der Waals surface area (Å²) < 4.78 is 5.64. The summed E-state index contributed by atoms with van der Waals surface area (Å²) in [4.78, 5) is 3.98. The summed E-state index contributed by atoms with van der Waals surface area (Å²) in [6, 6.07) is 9.01. The van der Waals surface area contributed by atoms with Gasteiger partial charge < -0.3 is 15.9 Å². The molecule has 0 fully saturated rings. The van der Waals surface area contributed by atoms with Crippen LogP contribution >= 0.6 is 0 Å². The molecule has 1 heterocycles. The number of hydrogen-bond acceptors (Lipinski definition) is 4. The number of ether oxygens (including phenoxy) is 1. The monoisotopic (exact) mass is 257 g/mol. The molecule has 1 aromatic heterocycles. The predicted octanol–water partition coefficient (Wildman–Crippen LogP) is 3.73. The van der Waals surface area contributed by atoms with Gasteiger partial charge in [0.15, 0.2) is 0 Å². The number of nitrogens with two attached hydrogens (primary N) is 1. The van der Waals surface area contributed by atoms with Crippen LogP contribution in [0.4, 0.5) is 5.69 Å². The van der Waals surface area contributed by atoms with E-state index in [0.717, 1.165) is 5.56 Å². The quantitative estimate of drug-likeness (QED) is 0.647. The van der Waals surface area contributed by atoms with Crippen LogP contribution in [0.5, 0.6) is 11.5 Å². The number of nitrogen functional groups attached to an aromatic ring is 1. The van der Waals surface area contributed by atoms with Crippen molar-refractivity contribution < 1.29 is 6.16 Å². The standard InChI is InChI=1S/C15H17N3O.H2/c1-10(2)15(17)13-6-5-11(8-14(13)16)19-12-4-3-7-18-9-12;/h3-10,17H,16H2,1-2H3;1H. The lowest BCUT2D eigenvalue weighted by Gasteiger charge is -2.12. The molecule has 4 heteroatoms. The zero-order valence-electron chi connectivity index (χ0n) is 11.1. The molecule has 0 amide bonds. The van der Waals surface area contributed by atoms with E-state index in [-0.39, 0.29) is 7.34 Å². The second-order valence-corrected chi connectivity index (χ2v) is 4.61. The van der Waals surface area contributed by atoms with Gasteiger partial charge >= 0.3 is 0 Å². The van der Waals surface area contributed by atoms with Crippen LogP contribution < -0.4 is 10.5 Å². The molecule has 0 atom stereocenters. The third kappa shape index (κ3) is 3.10. The maximum atomic E-state index is 7.99. The minimum Gasteiger partial charge on any atom is -0.456 e. The van der Waals surface area contributed by atoms with E-state index in [0.29, 0.717) is 22.9 Å². The predicted molar refractivity (Wildman–Crippen MR) is 78.9 cm³/mol. The van der Waals surface area contributed by atoms with E-state index < -0.39 is 0 Å². The largest absolute Gasteiger partial charge is 0.456 e. The van der Waals surface area contributed by atoms with Gasteiger partial charge in [0.1, 0.15) is 11.5 Å². The number of aromatic nitrogens is 1. The first-order valence-corrected chi connectivity index (χ1v) is 6.14. The molecule has 0 aliphatic rings. The maximum absolute atomic E-state index is 7.99. The van der Waals surface area contributed by atoms with E-state index in [9.17, 15) is 0 Å². The Bertz CT molecular complexity index is 585. The fourth-order valence-corrected chi connectivity index (χ4v) is 1.70. The van der Waals surface area contributed by atoms with Gasteiger partial charge in [0.25, 0.3) is 0 Å². The number of rotatable bonds is 4. The Balaban J connectivity index is 0.00000200. The molecule has 0 saturated heterocycles. The second-order valence-electron chi connectivity index (χ2n) is 4.61. The highest BCUT2D eigenvalue weighted by atomic mass is 16.5. The summed E-state index contributed by atoms with van der Waals surface area (Å²) >= 11 is 0. The molecule has 0 saturated carbocycles. The summed E-state index contributed by atoms with van der Waals surface area (Å²) in [5.41, 5.74) is 7.82. The third-order valence-corrected chi connectivity index (χ3v) is 2.76. The molecular formula is C15H19N3O. The van der Waals surface area contributed by atoms with Gasteiger partial charge in [-0.25, -0.2) is 0 Å². The highest BCUT2D eigenvalue weighted by molar-refractivity contribution is 6.03. The fourth-order valence-electron chi connectivity index (χ4n) is 1.70. The van der Waals surface area contributed by atoms with Crippen LogP contribution in [0, 0.1) is 11.3 Å². The first kappa shape index (κ1) is 13.1. The molecule has 4 nitrogen and oxygen atoms in total. The molecule has 0 aliphatic heterocycles. The van der Waals surface area contributed by atoms with Crippen molar-refractivity contribution in [2.45, 2.75) is 13.8 Å². The van der Waals surface area contributed by atoms with E-state index in [2.05, 4.69) is 4.98 Å². The number of anilines is 1. The molecule has 0 unspecified atom stereocenters. The van der Waals surface area contributed by atoms with E-state index in [1.807, 2.05) is 38.1 Å². The summed E-state index contributed by atoms with van der Waals surface area (Å²) in [5, 5.41) is 7.99. The van der Waals surface area contributed by atoms with Crippen LogP contribution in [0.1, 0.15) is 20.8 Å². The fraction of sp³-hybridized carbons (Fsp3) is 0.200. The van der Waals surface area contributed by atoms with Crippen LogP contribution in [0.15, 0.2) is 42.7 Å². The molecular weight excluding hydrogens is 238 g/mol. The van der Waals surface area contributed by atoms with Gasteiger partial charge in [0, 0.05) is 30.7 Å². The van der Waals surface area contributed by atoms with Crippen LogP contribution in [0.2, 0.25) is 0 Å². The average Bonchev–Trinajstić information content (AvgIpc) is 2.39. The zero-order chi connectivity index (χ0) is 13.8. The normalized spacial score (nSPS) is 10.5. The first-order chi connectivity index (χ1) is 9.08. The number of benzene rings is 1. The average molecular weight is 257 g/mol. The highest BCUT2D eigenvalue weighted by Crippen LogP contribution is 2.26. The van der Waals surface area contributed by atoms with E-state index >= 15 is 0 Å². The Morgan fingerprint density at radius 3 is 2.68 bits per heavy atom. The molecule has 0 spiro atoms. The van der Waals surface area contributed by atoms with Gasteiger partial charge in [-0.2, -0.15) is 0 Å². The lowest BCUT2D eigenvalue weighted by atomic mass is 9.99. The Hall–Kier alpha value is -2.36. The van der Waals surface area contributed by atoms with Gasteiger partial charge in [-0.05, 0) is 30.2 Å². The SMILES string of the molecule is CC(C)C(=N)c1ccc(Oc2cccnc2)cc1N.[HH]. The van der Waals surface area contributed by atoms with Gasteiger partial charge in [0.2, 0.25) is 0 Å². The van der Waals surface area contributed by atoms with Crippen molar-refractivity contribution in [1.29, 1.82) is 5.41 Å². The highest BCUT2D eigenvalue weighted by Gasteiger charge is 2.10. The van der Waals surface area contributed by atoms with Crippen molar-refractivity contribution in [2.24, 2.45) is 5.92 Å². The number of nitrogens with zero attached hydrogens (tertiary/aromatic N) is 1. The first-order valence-electron chi connectivity index (χ1n) is 6.14. The summed E-state index contributed by atoms with van der Waals surface area (Å²) in [6.07, 6.45) is 3.33. The van der Waals surface area contributed by atoms with Crippen LogP contribution in [-0.4, -0.2) is 10.7 Å². The van der Waals surface area contributed by atoms with Crippen molar-refractivity contribution >= 4 is 11.4 Å². The Labute approximate surface area is 114 Å². The molecule has 0 bridgehead atoms.